The van der Waals surface area contributed by atoms with E-state index in [1.807, 2.05) is 13.8 Å². The first-order chi connectivity index (χ1) is 10.8. The molecule has 23 heavy (non-hydrogen) atoms. The fourth-order valence-electron chi connectivity index (χ4n) is 2.74. The molecule has 0 aliphatic carbocycles. The third kappa shape index (κ3) is 13.1. The minimum absolute atomic E-state index is 0.0217. The zero-order chi connectivity index (χ0) is 17.7. The quantitative estimate of drug-likeness (QED) is 0.352. The molecule has 0 aromatic rings. The van der Waals surface area contributed by atoms with Gasteiger partial charge in [0, 0.05) is 6.42 Å². The monoisotopic (exact) mass is 328 g/mol. The van der Waals surface area contributed by atoms with Crippen molar-refractivity contribution in [3.63, 3.8) is 0 Å². The van der Waals surface area contributed by atoms with Crippen molar-refractivity contribution in [3.8, 4) is 0 Å². The van der Waals surface area contributed by atoms with Crippen molar-refractivity contribution in [3.05, 3.63) is 0 Å². The van der Waals surface area contributed by atoms with Crippen LogP contribution in [0.25, 0.3) is 0 Å². The summed E-state index contributed by atoms with van der Waals surface area (Å²) < 4.78 is 5.34. The van der Waals surface area contributed by atoms with Crippen LogP contribution < -0.4 is 0 Å². The molecule has 0 rings (SSSR count). The van der Waals surface area contributed by atoms with Crippen molar-refractivity contribution >= 4 is 11.9 Å². The number of carbonyl (C=O) groups excluding carboxylic acids is 1. The molecule has 4 heteroatoms. The lowest BCUT2D eigenvalue weighted by atomic mass is 9.90. The molecule has 0 saturated carbocycles. The van der Waals surface area contributed by atoms with Gasteiger partial charge in [-0.3, -0.25) is 9.59 Å². The summed E-state index contributed by atoms with van der Waals surface area (Å²) in [4.78, 5) is 22.4. The molecule has 0 spiro atoms. The Hall–Kier alpha value is -1.06. The number of carbonyl (C=O) groups is 2. The van der Waals surface area contributed by atoms with Crippen LogP contribution in [0.4, 0.5) is 0 Å². The minimum Gasteiger partial charge on any atom is -0.481 e. The van der Waals surface area contributed by atoms with E-state index in [4.69, 9.17) is 9.84 Å². The second-order valence-electron chi connectivity index (χ2n) is 7.10. The van der Waals surface area contributed by atoms with Crippen molar-refractivity contribution < 1.29 is 19.4 Å². The number of carboxylic acid groups (broad SMARTS) is 1. The normalized spacial score (nSPS) is 12.6. The third-order valence-electron chi connectivity index (χ3n) is 4.12. The number of hydrogen-bond acceptors (Lipinski definition) is 3. The lowest BCUT2D eigenvalue weighted by molar-refractivity contribution is -0.154. The predicted molar refractivity (Wildman–Crippen MR) is 93.4 cm³/mol. The molecule has 1 N–H and O–H groups in total. The van der Waals surface area contributed by atoms with Crippen LogP contribution in [0.15, 0.2) is 0 Å². The number of carboxylic acids is 1. The van der Waals surface area contributed by atoms with Crippen LogP contribution in [-0.4, -0.2) is 23.1 Å². The first-order valence-corrected chi connectivity index (χ1v) is 9.26. The molecule has 0 fully saturated rings. The molecule has 0 bridgehead atoms. The number of aliphatic carboxylic acids is 1. The standard InChI is InChI=1S/C19H36O4/c1-15(2)17(19(22)23-16(3)4)13-11-9-7-5-6-8-10-12-14-18(20)21/h15-17H,5-14H2,1-4H3,(H,20,21). The Kier molecular flexibility index (Phi) is 12.8. The van der Waals surface area contributed by atoms with Crippen molar-refractivity contribution in [1.29, 1.82) is 0 Å². The summed E-state index contributed by atoms with van der Waals surface area (Å²) in [5, 5.41) is 8.55. The van der Waals surface area contributed by atoms with Gasteiger partial charge in [-0.15, -0.1) is 0 Å². The lowest BCUT2D eigenvalue weighted by Gasteiger charge is -2.20. The Morgan fingerprint density at radius 1 is 0.826 bits per heavy atom. The van der Waals surface area contributed by atoms with Gasteiger partial charge in [0.15, 0.2) is 0 Å². The van der Waals surface area contributed by atoms with Crippen molar-refractivity contribution in [2.75, 3.05) is 0 Å². The molecule has 4 nitrogen and oxygen atoms in total. The maximum absolute atomic E-state index is 12.0. The summed E-state index contributed by atoms with van der Waals surface area (Å²) >= 11 is 0. The fraction of sp³-hybridized carbons (Fsp3) is 0.895. The van der Waals surface area contributed by atoms with Crippen LogP contribution in [0.2, 0.25) is 0 Å². The van der Waals surface area contributed by atoms with Gasteiger partial charge in [-0.1, -0.05) is 58.8 Å². The molecule has 0 heterocycles. The van der Waals surface area contributed by atoms with Gasteiger partial charge in [-0.05, 0) is 32.6 Å². The van der Waals surface area contributed by atoms with E-state index in [0.29, 0.717) is 12.3 Å². The van der Waals surface area contributed by atoms with E-state index < -0.39 is 5.97 Å². The van der Waals surface area contributed by atoms with E-state index in [2.05, 4.69) is 13.8 Å². The smallest absolute Gasteiger partial charge is 0.309 e. The Morgan fingerprint density at radius 3 is 1.74 bits per heavy atom. The summed E-state index contributed by atoms with van der Waals surface area (Å²) in [5.74, 6) is -0.391. The average Bonchev–Trinajstić information content (AvgIpc) is 2.43. The highest BCUT2D eigenvalue weighted by Crippen LogP contribution is 2.22. The van der Waals surface area contributed by atoms with Crippen molar-refractivity contribution in [2.45, 2.75) is 98.0 Å². The third-order valence-corrected chi connectivity index (χ3v) is 4.12. The molecular formula is C19H36O4. The Labute approximate surface area is 142 Å². The van der Waals surface area contributed by atoms with Crippen molar-refractivity contribution in [2.24, 2.45) is 11.8 Å². The van der Waals surface area contributed by atoms with Crippen LogP contribution in [-0.2, 0) is 14.3 Å². The van der Waals surface area contributed by atoms with E-state index in [-0.39, 0.29) is 18.0 Å². The second-order valence-corrected chi connectivity index (χ2v) is 7.10. The number of esters is 1. The molecule has 136 valence electrons. The summed E-state index contributed by atoms with van der Waals surface area (Å²) in [7, 11) is 0. The first-order valence-electron chi connectivity index (χ1n) is 9.26. The summed E-state index contributed by atoms with van der Waals surface area (Å²) in [6.45, 7) is 7.96. The molecule has 1 atom stereocenters. The topological polar surface area (TPSA) is 63.6 Å². The highest BCUT2D eigenvalue weighted by molar-refractivity contribution is 5.72. The van der Waals surface area contributed by atoms with Gasteiger partial charge in [-0.25, -0.2) is 0 Å². The fourth-order valence-corrected chi connectivity index (χ4v) is 2.74. The van der Waals surface area contributed by atoms with Gasteiger partial charge in [0.05, 0.1) is 12.0 Å². The van der Waals surface area contributed by atoms with Crippen LogP contribution >= 0.6 is 0 Å². The van der Waals surface area contributed by atoms with Gasteiger partial charge >= 0.3 is 11.9 Å². The molecule has 0 aliphatic heterocycles. The van der Waals surface area contributed by atoms with Crippen LogP contribution in [0.3, 0.4) is 0 Å². The summed E-state index contributed by atoms with van der Waals surface area (Å²) in [6.07, 6.45) is 9.94. The van der Waals surface area contributed by atoms with Crippen LogP contribution in [0.5, 0.6) is 0 Å². The minimum atomic E-state index is -0.694. The van der Waals surface area contributed by atoms with Gasteiger partial charge in [-0.2, -0.15) is 0 Å². The average molecular weight is 328 g/mol. The summed E-state index contributed by atoms with van der Waals surface area (Å²) in [6, 6.07) is 0. The molecule has 1 unspecified atom stereocenters. The Balaban J connectivity index is 3.63. The first kappa shape index (κ1) is 21.9. The number of hydrogen-bond donors (Lipinski definition) is 1. The Bertz CT molecular complexity index is 323. The second kappa shape index (κ2) is 13.4. The van der Waals surface area contributed by atoms with Gasteiger partial charge < -0.3 is 9.84 Å². The van der Waals surface area contributed by atoms with Crippen LogP contribution in [0, 0.1) is 11.8 Å². The molecule has 0 aliphatic rings. The highest BCUT2D eigenvalue weighted by atomic mass is 16.5. The van der Waals surface area contributed by atoms with E-state index in [1.165, 1.54) is 19.3 Å². The van der Waals surface area contributed by atoms with E-state index >= 15 is 0 Å². The van der Waals surface area contributed by atoms with Gasteiger partial charge in [0.2, 0.25) is 0 Å². The van der Waals surface area contributed by atoms with Gasteiger partial charge in [0.1, 0.15) is 0 Å². The van der Waals surface area contributed by atoms with Crippen LogP contribution in [0.1, 0.15) is 91.9 Å². The molecule has 0 aromatic carbocycles. The highest BCUT2D eigenvalue weighted by Gasteiger charge is 2.23. The molecule has 0 aromatic heterocycles. The maximum atomic E-state index is 12.0. The largest absolute Gasteiger partial charge is 0.481 e. The lowest BCUT2D eigenvalue weighted by Crippen LogP contribution is -2.25. The molecule has 0 amide bonds. The van der Waals surface area contributed by atoms with E-state index in [0.717, 1.165) is 38.5 Å². The van der Waals surface area contributed by atoms with Gasteiger partial charge in [0.25, 0.3) is 0 Å². The molecule has 0 saturated heterocycles. The molecular weight excluding hydrogens is 292 g/mol. The SMILES string of the molecule is CC(C)OC(=O)C(CCCCCCCCCCC(=O)O)C(C)C. The predicted octanol–water partition coefficient (Wildman–Crippen LogP) is 5.20. The van der Waals surface area contributed by atoms with E-state index in [9.17, 15) is 9.59 Å². The molecule has 0 radical (unpaired) electrons. The zero-order valence-corrected chi connectivity index (χ0v) is 15.5. The zero-order valence-electron chi connectivity index (χ0n) is 15.5. The number of ether oxygens (including phenoxy) is 1. The van der Waals surface area contributed by atoms with E-state index in [1.54, 1.807) is 0 Å². The van der Waals surface area contributed by atoms with Crippen molar-refractivity contribution in [1.82, 2.24) is 0 Å². The maximum Gasteiger partial charge on any atom is 0.309 e. The number of rotatable bonds is 14. The summed E-state index contributed by atoms with van der Waals surface area (Å²) in [5.41, 5.74) is 0. The Morgan fingerprint density at radius 2 is 1.30 bits per heavy atom. The number of unbranched alkanes of at least 4 members (excludes halogenated alkanes) is 7.